The average molecular weight is 332 g/mol. The largest absolute Gasteiger partial charge is 0.370 e. The minimum absolute atomic E-state index is 0. The maximum atomic E-state index is 11.8. The van der Waals surface area contributed by atoms with Crippen molar-refractivity contribution in [3.63, 3.8) is 0 Å². The summed E-state index contributed by atoms with van der Waals surface area (Å²) in [6.45, 7) is 2.68. The molecule has 0 aliphatic carbocycles. The van der Waals surface area contributed by atoms with Gasteiger partial charge in [0.15, 0.2) is 0 Å². The Morgan fingerprint density at radius 3 is 2.57 bits per heavy atom. The molecule has 21 heavy (non-hydrogen) atoms. The predicted octanol–water partition coefficient (Wildman–Crippen LogP) is 2.13. The Morgan fingerprint density at radius 1 is 1.38 bits per heavy atom. The van der Waals surface area contributed by atoms with Crippen molar-refractivity contribution in [1.29, 1.82) is 0 Å². The van der Waals surface area contributed by atoms with Gasteiger partial charge in [-0.15, -0.1) is 12.4 Å². The number of halogens is 1. The molecular weight excluding hydrogens is 306 g/mol. The van der Waals surface area contributed by atoms with Gasteiger partial charge in [0.25, 0.3) is 0 Å². The molecule has 3 N–H and O–H groups in total. The zero-order valence-electron chi connectivity index (χ0n) is 12.9. The number of hydrogen-bond acceptors (Lipinski definition) is 4. The number of carbonyl (C=O) groups is 1. The lowest BCUT2D eigenvalue weighted by atomic mass is 10.2. The Balaban J connectivity index is 0.00000400. The van der Waals surface area contributed by atoms with Crippen LogP contribution in [0.25, 0.3) is 0 Å². The molecule has 1 aromatic rings. The van der Waals surface area contributed by atoms with Crippen molar-refractivity contribution in [3.05, 3.63) is 30.3 Å². The van der Waals surface area contributed by atoms with Crippen molar-refractivity contribution in [2.75, 3.05) is 30.5 Å². The Bertz CT molecular complexity index is 405. The molecule has 0 aromatic heterocycles. The number of nitrogens with one attached hydrogen (secondary N) is 1. The standard InChI is InChI=1S/C15H25N3OS.ClH/c1-12(18(2)13-7-5-4-6-8-13)11-17-15(19)14(16)9-10-20-3;/h4-8,12,14H,9-11,16H2,1-3H3,(H,17,19);1H. The number of rotatable bonds is 8. The Kier molecular flexibility index (Phi) is 10.3. The van der Waals surface area contributed by atoms with E-state index in [1.54, 1.807) is 11.8 Å². The van der Waals surface area contributed by atoms with E-state index < -0.39 is 6.04 Å². The molecule has 1 amide bonds. The lowest BCUT2D eigenvalue weighted by molar-refractivity contribution is -0.122. The molecule has 0 aliphatic rings. The molecule has 2 atom stereocenters. The predicted molar refractivity (Wildman–Crippen MR) is 95.5 cm³/mol. The molecule has 2 unspecified atom stereocenters. The van der Waals surface area contributed by atoms with Gasteiger partial charge in [-0.05, 0) is 37.5 Å². The topological polar surface area (TPSA) is 58.4 Å². The number of benzene rings is 1. The summed E-state index contributed by atoms with van der Waals surface area (Å²) in [7, 11) is 2.03. The third-order valence-electron chi connectivity index (χ3n) is 3.37. The number of nitrogens with two attached hydrogens (primary N) is 1. The Labute approximate surface area is 138 Å². The molecule has 0 aliphatic heterocycles. The first-order chi connectivity index (χ1) is 9.56. The van der Waals surface area contributed by atoms with E-state index in [2.05, 4.69) is 29.3 Å². The van der Waals surface area contributed by atoms with Gasteiger partial charge in [0.1, 0.15) is 0 Å². The van der Waals surface area contributed by atoms with E-state index in [-0.39, 0.29) is 24.4 Å². The molecule has 0 saturated carbocycles. The minimum Gasteiger partial charge on any atom is -0.370 e. The molecule has 1 aromatic carbocycles. The Morgan fingerprint density at radius 2 is 2.00 bits per heavy atom. The number of thioether (sulfide) groups is 1. The van der Waals surface area contributed by atoms with Crippen LogP contribution in [0.3, 0.4) is 0 Å². The maximum absolute atomic E-state index is 11.8. The summed E-state index contributed by atoms with van der Waals surface area (Å²) in [4.78, 5) is 14.0. The summed E-state index contributed by atoms with van der Waals surface area (Å²) in [6.07, 6.45) is 2.73. The second-order valence-electron chi connectivity index (χ2n) is 4.93. The highest BCUT2D eigenvalue weighted by Gasteiger charge is 2.15. The number of likely N-dealkylation sites (N-methyl/N-ethyl adjacent to an activating group) is 1. The van der Waals surface area contributed by atoms with Crippen LogP contribution in [0.2, 0.25) is 0 Å². The van der Waals surface area contributed by atoms with Crippen LogP contribution in [-0.4, -0.2) is 43.6 Å². The van der Waals surface area contributed by atoms with Crippen LogP contribution < -0.4 is 16.0 Å². The Hall–Kier alpha value is -0.910. The lowest BCUT2D eigenvalue weighted by Crippen LogP contribution is -2.46. The highest BCUT2D eigenvalue weighted by Crippen LogP contribution is 2.13. The van der Waals surface area contributed by atoms with Crippen molar-refractivity contribution in [2.24, 2.45) is 5.73 Å². The monoisotopic (exact) mass is 331 g/mol. The molecule has 120 valence electrons. The van der Waals surface area contributed by atoms with E-state index in [4.69, 9.17) is 5.73 Å². The molecule has 0 fully saturated rings. The highest BCUT2D eigenvalue weighted by atomic mass is 35.5. The molecule has 0 saturated heterocycles. The van der Waals surface area contributed by atoms with Gasteiger partial charge in [-0.3, -0.25) is 4.79 Å². The van der Waals surface area contributed by atoms with Crippen LogP contribution in [0, 0.1) is 0 Å². The van der Waals surface area contributed by atoms with Gasteiger partial charge >= 0.3 is 0 Å². The number of anilines is 1. The van der Waals surface area contributed by atoms with Gasteiger partial charge in [0.2, 0.25) is 5.91 Å². The molecule has 0 radical (unpaired) electrons. The fourth-order valence-electron chi connectivity index (χ4n) is 1.81. The van der Waals surface area contributed by atoms with Gasteiger partial charge in [-0.2, -0.15) is 11.8 Å². The van der Waals surface area contributed by atoms with Crippen LogP contribution >= 0.6 is 24.2 Å². The molecule has 0 bridgehead atoms. The van der Waals surface area contributed by atoms with Crippen molar-refractivity contribution in [2.45, 2.75) is 25.4 Å². The number of nitrogens with zero attached hydrogens (tertiary/aromatic N) is 1. The minimum atomic E-state index is -0.406. The molecular formula is C15H26ClN3OS. The zero-order valence-corrected chi connectivity index (χ0v) is 14.5. The highest BCUT2D eigenvalue weighted by molar-refractivity contribution is 7.98. The van der Waals surface area contributed by atoms with Gasteiger partial charge in [-0.1, -0.05) is 18.2 Å². The van der Waals surface area contributed by atoms with Gasteiger partial charge in [0, 0.05) is 25.3 Å². The normalized spacial score (nSPS) is 13.0. The van der Waals surface area contributed by atoms with E-state index in [9.17, 15) is 4.79 Å². The second kappa shape index (κ2) is 10.8. The van der Waals surface area contributed by atoms with E-state index in [0.29, 0.717) is 6.54 Å². The lowest BCUT2D eigenvalue weighted by Gasteiger charge is -2.27. The van der Waals surface area contributed by atoms with Crippen LogP contribution in [0.4, 0.5) is 5.69 Å². The van der Waals surface area contributed by atoms with E-state index in [1.807, 2.05) is 31.5 Å². The number of carbonyl (C=O) groups excluding carboxylic acids is 1. The zero-order chi connectivity index (χ0) is 15.0. The molecule has 6 heteroatoms. The number of para-hydroxylation sites is 1. The van der Waals surface area contributed by atoms with Crippen molar-refractivity contribution in [3.8, 4) is 0 Å². The first kappa shape index (κ1) is 20.1. The van der Waals surface area contributed by atoms with Crippen molar-refractivity contribution in [1.82, 2.24) is 5.32 Å². The number of hydrogen-bond donors (Lipinski definition) is 2. The van der Waals surface area contributed by atoms with E-state index in [1.165, 1.54) is 0 Å². The van der Waals surface area contributed by atoms with Crippen LogP contribution in [0.15, 0.2) is 30.3 Å². The van der Waals surface area contributed by atoms with Crippen LogP contribution in [0.1, 0.15) is 13.3 Å². The third kappa shape index (κ3) is 7.07. The van der Waals surface area contributed by atoms with E-state index >= 15 is 0 Å². The molecule has 0 spiro atoms. The molecule has 0 heterocycles. The summed E-state index contributed by atoms with van der Waals surface area (Å²) < 4.78 is 0. The first-order valence-corrected chi connectivity index (χ1v) is 8.25. The first-order valence-electron chi connectivity index (χ1n) is 6.86. The fraction of sp³-hybridized carbons (Fsp3) is 0.533. The van der Waals surface area contributed by atoms with Gasteiger partial charge in [0.05, 0.1) is 6.04 Å². The SMILES string of the molecule is CSCCC(N)C(=O)NCC(C)N(C)c1ccccc1.Cl. The number of amides is 1. The smallest absolute Gasteiger partial charge is 0.237 e. The summed E-state index contributed by atoms with van der Waals surface area (Å²) in [5.41, 5.74) is 6.98. The van der Waals surface area contributed by atoms with Gasteiger partial charge in [-0.25, -0.2) is 0 Å². The van der Waals surface area contributed by atoms with Crippen LogP contribution in [-0.2, 0) is 4.79 Å². The maximum Gasteiger partial charge on any atom is 0.237 e. The fourth-order valence-corrected chi connectivity index (χ4v) is 2.30. The average Bonchev–Trinajstić information content (AvgIpc) is 2.49. The van der Waals surface area contributed by atoms with Crippen molar-refractivity contribution < 1.29 is 4.79 Å². The summed E-state index contributed by atoms with van der Waals surface area (Å²) in [5.74, 6) is 0.848. The molecule has 4 nitrogen and oxygen atoms in total. The van der Waals surface area contributed by atoms with E-state index in [0.717, 1.165) is 17.9 Å². The quantitative estimate of drug-likeness (QED) is 0.766. The summed E-state index contributed by atoms with van der Waals surface area (Å²) in [5, 5.41) is 2.93. The summed E-state index contributed by atoms with van der Waals surface area (Å²) >= 11 is 1.71. The summed E-state index contributed by atoms with van der Waals surface area (Å²) in [6, 6.07) is 9.94. The van der Waals surface area contributed by atoms with Gasteiger partial charge < -0.3 is 16.0 Å². The van der Waals surface area contributed by atoms with Crippen LogP contribution in [0.5, 0.6) is 0 Å². The van der Waals surface area contributed by atoms with Crippen molar-refractivity contribution >= 4 is 35.8 Å². The molecule has 1 rings (SSSR count). The third-order valence-corrected chi connectivity index (χ3v) is 4.01. The second-order valence-corrected chi connectivity index (χ2v) is 5.91.